The normalized spacial score (nSPS) is 15.5. The van der Waals surface area contributed by atoms with Gasteiger partial charge in [0.1, 0.15) is 6.33 Å². The summed E-state index contributed by atoms with van der Waals surface area (Å²) in [7, 11) is 0. The molecule has 1 aromatic carbocycles. The van der Waals surface area contributed by atoms with Crippen LogP contribution in [0.25, 0.3) is 11.4 Å². The zero-order valence-electron chi connectivity index (χ0n) is 8.10. The van der Waals surface area contributed by atoms with E-state index in [-0.39, 0.29) is 0 Å². The van der Waals surface area contributed by atoms with Crippen LogP contribution in [0.4, 0.5) is 0 Å². The topological polar surface area (TPSA) is 30.7 Å². The number of hydrogen-bond acceptors (Lipinski definition) is 2. The Morgan fingerprint density at radius 2 is 2.20 bits per heavy atom. The lowest BCUT2D eigenvalue weighted by Crippen LogP contribution is -1.95. The Balaban J connectivity index is 2.07. The van der Waals surface area contributed by atoms with Crippen LogP contribution in [0.1, 0.15) is 18.9 Å². The molecule has 1 aromatic heterocycles. The van der Waals surface area contributed by atoms with Crippen LogP contribution >= 0.6 is 11.6 Å². The molecule has 1 aliphatic rings. The molecule has 1 aliphatic carbocycles. The molecule has 1 fully saturated rings. The van der Waals surface area contributed by atoms with E-state index in [0.29, 0.717) is 6.04 Å². The average molecular weight is 220 g/mol. The highest BCUT2D eigenvalue weighted by Crippen LogP contribution is 2.37. The van der Waals surface area contributed by atoms with Crippen molar-refractivity contribution >= 4 is 11.6 Å². The van der Waals surface area contributed by atoms with Crippen LogP contribution < -0.4 is 0 Å². The number of aromatic nitrogens is 3. The molecule has 3 rings (SSSR count). The average Bonchev–Trinajstić information content (AvgIpc) is 2.96. The summed E-state index contributed by atoms with van der Waals surface area (Å²) >= 11 is 5.95. The smallest absolute Gasteiger partial charge is 0.164 e. The van der Waals surface area contributed by atoms with Gasteiger partial charge >= 0.3 is 0 Å². The van der Waals surface area contributed by atoms with E-state index in [2.05, 4.69) is 14.8 Å². The van der Waals surface area contributed by atoms with Crippen molar-refractivity contribution in [3.05, 3.63) is 35.6 Å². The molecule has 76 valence electrons. The minimum atomic E-state index is 0.592. The van der Waals surface area contributed by atoms with Crippen LogP contribution in [0, 0.1) is 0 Å². The fraction of sp³-hybridized carbons (Fsp3) is 0.273. The van der Waals surface area contributed by atoms with Crippen molar-refractivity contribution in [2.45, 2.75) is 18.9 Å². The molecule has 4 heteroatoms. The highest BCUT2D eigenvalue weighted by molar-refractivity contribution is 6.30. The maximum Gasteiger partial charge on any atom is 0.164 e. The van der Waals surface area contributed by atoms with Crippen LogP contribution in [0.2, 0.25) is 5.02 Å². The third kappa shape index (κ3) is 1.63. The minimum absolute atomic E-state index is 0.592. The fourth-order valence-corrected chi connectivity index (χ4v) is 1.89. The first kappa shape index (κ1) is 8.92. The van der Waals surface area contributed by atoms with Gasteiger partial charge in [-0.1, -0.05) is 23.7 Å². The highest BCUT2D eigenvalue weighted by atomic mass is 35.5. The number of hydrogen-bond donors (Lipinski definition) is 0. The van der Waals surface area contributed by atoms with Gasteiger partial charge < -0.3 is 4.57 Å². The minimum Gasteiger partial charge on any atom is -0.310 e. The first-order valence-corrected chi connectivity index (χ1v) is 5.38. The zero-order valence-corrected chi connectivity index (χ0v) is 8.85. The summed E-state index contributed by atoms with van der Waals surface area (Å²) in [6.07, 6.45) is 4.26. The van der Waals surface area contributed by atoms with Gasteiger partial charge in [0.25, 0.3) is 0 Å². The monoisotopic (exact) mass is 219 g/mol. The second kappa shape index (κ2) is 3.35. The summed E-state index contributed by atoms with van der Waals surface area (Å²) in [5, 5.41) is 8.84. The van der Waals surface area contributed by atoms with E-state index < -0.39 is 0 Å². The Morgan fingerprint density at radius 3 is 2.93 bits per heavy atom. The first-order chi connectivity index (χ1) is 7.34. The summed E-state index contributed by atoms with van der Waals surface area (Å²) < 4.78 is 2.13. The summed E-state index contributed by atoms with van der Waals surface area (Å²) in [4.78, 5) is 0. The van der Waals surface area contributed by atoms with Gasteiger partial charge in [-0.2, -0.15) is 0 Å². The molecule has 3 nitrogen and oxygen atoms in total. The molecule has 0 N–H and O–H groups in total. The molecule has 1 saturated carbocycles. The second-order valence-electron chi connectivity index (χ2n) is 3.80. The predicted molar refractivity (Wildman–Crippen MR) is 58.7 cm³/mol. The Labute approximate surface area is 92.7 Å². The van der Waals surface area contributed by atoms with E-state index in [9.17, 15) is 0 Å². The van der Waals surface area contributed by atoms with Crippen molar-refractivity contribution in [1.29, 1.82) is 0 Å². The number of benzene rings is 1. The van der Waals surface area contributed by atoms with Crippen molar-refractivity contribution in [3.63, 3.8) is 0 Å². The Kier molecular flexibility index (Phi) is 1.99. The van der Waals surface area contributed by atoms with Crippen LogP contribution in [0.5, 0.6) is 0 Å². The fourth-order valence-electron chi connectivity index (χ4n) is 1.70. The molecule has 0 saturated heterocycles. The second-order valence-corrected chi connectivity index (χ2v) is 4.24. The zero-order chi connectivity index (χ0) is 10.3. The molecule has 0 unspecified atom stereocenters. The summed E-state index contributed by atoms with van der Waals surface area (Å²) in [6.45, 7) is 0. The van der Waals surface area contributed by atoms with Gasteiger partial charge in [0, 0.05) is 16.6 Å². The lowest BCUT2D eigenvalue weighted by molar-refractivity contribution is 0.746. The van der Waals surface area contributed by atoms with Crippen molar-refractivity contribution in [2.75, 3.05) is 0 Å². The Hall–Kier alpha value is -1.35. The van der Waals surface area contributed by atoms with Gasteiger partial charge in [0.05, 0.1) is 0 Å². The quantitative estimate of drug-likeness (QED) is 0.778. The largest absolute Gasteiger partial charge is 0.310 e. The molecule has 2 aromatic rings. The Morgan fingerprint density at radius 1 is 1.33 bits per heavy atom. The molecule has 0 amide bonds. The standard InChI is InChI=1S/C11H10ClN3/c12-9-3-1-2-8(6-9)11-14-13-7-15(11)10-4-5-10/h1-3,6-7,10H,4-5H2. The molecule has 0 radical (unpaired) electrons. The molecule has 0 spiro atoms. The van der Waals surface area contributed by atoms with Gasteiger partial charge in [-0.25, -0.2) is 0 Å². The Bertz CT molecular complexity index is 488. The highest BCUT2D eigenvalue weighted by Gasteiger charge is 2.26. The number of nitrogens with zero attached hydrogens (tertiary/aromatic N) is 3. The van der Waals surface area contributed by atoms with Crippen LogP contribution in [0.3, 0.4) is 0 Å². The van der Waals surface area contributed by atoms with Crippen LogP contribution in [0.15, 0.2) is 30.6 Å². The summed E-state index contributed by atoms with van der Waals surface area (Å²) in [5.41, 5.74) is 1.03. The number of halogens is 1. The van der Waals surface area contributed by atoms with Crippen molar-refractivity contribution in [2.24, 2.45) is 0 Å². The molecule has 15 heavy (non-hydrogen) atoms. The molecule has 1 heterocycles. The van der Waals surface area contributed by atoms with Crippen molar-refractivity contribution in [1.82, 2.24) is 14.8 Å². The molecular weight excluding hydrogens is 210 g/mol. The van der Waals surface area contributed by atoms with Crippen LogP contribution in [-0.2, 0) is 0 Å². The molecule has 0 aliphatic heterocycles. The maximum absolute atomic E-state index is 5.95. The molecule has 0 atom stereocenters. The van der Waals surface area contributed by atoms with Gasteiger partial charge in [0.15, 0.2) is 5.82 Å². The first-order valence-electron chi connectivity index (χ1n) is 5.00. The van der Waals surface area contributed by atoms with E-state index in [1.807, 2.05) is 24.3 Å². The van der Waals surface area contributed by atoms with E-state index in [1.165, 1.54) is 12.8 Å². The molecular formula is C11H10ClN3. The van der Waals surface area contributed by atoms with Gasteiger partial charge in [-0.3, -0.25) is 0 Å². The van der Waals surface area contributed by atoms with Crippen molar-refractivity contribution in [3.8, 4) is 11.4 Å². The van der Waals surface area contributed by atoms with E-state index >= 15 is 0 Å². The van der Waals surface area contributed by atoms with Crippen LogP contribution in [-0.4, -0.2) is 14.8 Å². The van der Waals surface area contributed by atoms with E-state index in [4.69, 9.17) is 11.6 Å². The summed E-state index contributed by atoms with van der Waals surface area (Å²) in [6, 6.07) is 8.32. The predicted octanol–water partition coefficient (Wildman–Crippen LogP) is 2.93. The van der Waals surface area contributed by atoms with E-state index in [0.717, 1.165) is 16.4 Å². The molecule has 0 bridgehead atoms. The summed E-state index contributed by atoms with van der Waals surface area (Å²) in [5.74, 6) is 0.917. The lowest BCUT2D eigenvalue weighted by atomic mass is 10.2. The third-order valence-corrected chi connectivity index (χ3v) is 2.83. The van der Waals surface area contributed by atoms with Gasteiger partial charge in [-0.15, -0.1) is 10.2 Å². The lowest BCUT2D eigenvalue weighted by Gasteiger charge is -2.04. The third-order valence-electron chi connectivity index (χ3n) is 2.60. The van der Waals surface area contributed by atoms with Gasteiger partial charge in [0.2, 0.25) is 0 Å². The maximum atomic E-state index is 5.95. The van der Waals surface area contributed by atoms with E-state index in [1.54, 1.807) is 6.33 Å². The SMILES string of the molecule is Clc1cccc(-c2nncn2C2CC2)c1. The number of rotatable bonds is 2. The van der Waals surface area contributed by atoms with Crippen molar-refractivity contribution < 1.29 is 0 Å². The van der Waals surface area contributed by atoms with Gasteiger partial charge in [-0.05, 0) is 25.0 Å².